The minimum atomic E-state index is 0.631. The first-order valence-corrected chi connectivity index (χ1v) is 4.46. The number of nitriles is 1. The fourth-order valence-electron chi connectivity index (χ4n) is 1.09. The molecule has 0 heterocycles. The first kappa shape index (κ1) is 10.2. The average molecular weight is 185 g/mol. The molecule has 0 saturated heterocycles. The van der Waals surface area contributed by atoms with Crippen molar-refractivity contribution in [2.45, 2.75) is 13.3 Å². The molecule has 0 N–H and O–H groups in total. The van der Waals surface area contributed by atoms with Gasteiger partial charge in [-0.15, -0.1) is 0 Å². The van der Waals surface area contributed by atoms with E-state index >= 15 is 0 Å². The second-order valence-electron chi connectivity index (χ2n) is 2.92. The van der Waals surface area contributed by atoms with Crippen molar-refractivity contribution in [3.63, 3.8) is 0 Å². The first-order valence-electron chi connectivity index (χ1n) is 4.46. The van der Waals surface area contributed by atoms with Gasteiger partial charge in [0.15, 0.2) is 0 Å². The van der Waals surface area contributed by atoms with Gasteiger partial charge in [-0.25, -0.2) is 0 Å². The van der Waals surface area contributed by atoms with Gasteiger partial charge in [0.25, 0.3) is 0 Å². The number of aldehydes is 1. The van der Waals surface area contributed by atoms with E-state index in [1.165, 1.54) is 0 Å². The molecular formula is C12H11NO. The van der Waals surface area contributed by atoms with Gasteiger partial charge < -0.3 is 0 Å². The van der Waals surface area contributed by atoms with Gasteiger partial charge in [0.1, 0.15) is 6.29 Å². The van der Waals surface area contributed by atoms with E-state index in [9.17, 15) is 4.79 Å². The molecule has 0 atom stereocenters. The second-order valence-corrected chi connectivity index (χ2v) is 2.92. The standard InChI is InChI=1S/C12H11NO/c1-2-10(9-14)7-11-3-5-12(8-13)6-4-11/h3-7,9H,2H2,1H3. The Kier molecular flexibility index (Phi) is 3.63. The fraction of sp³-hybridized carbons (Fsp3) is 0.167. The molecule has 0 aromatic heterocycles. The van der Waals surface area contributed by atoms with Crippen LogP contribution in [0.1, 0.15) is 24.5 Å². The lowest BCUT2D eigenvalue weighted by molar-refractivity contribution is -0.104. The van der Waals surface area contributed by atoms with Crippen LogP contribution in [0.3, 0.4) is 0 Å². The van der Waals surface area contributed by atoms with Crippen LogP contribution in [0.4, 0.5) is 0 Å². The molecule has 0 radical (unpaired) electrons. The largest absolute Gasteiger partial charge is 0.298 e. The summed E-state index contributed by atoms with van der Waals surface area (Å²) in [5.74, 6) is 0. The summed E-state index contributed by atoms with van der Waals surface area (Å²) in [5.41, 5.74) is 2.34. The van der Waals surface area contributed by atoms with Crippen LogP contribution in [0.25, 0.3) is 6.08 Å². The molecule has 1 aromatic rings. The van der Waals surface area contributed by atoms with Gasteiger partial charge in [0, 0.05) is 0 Å². The molecule has 70 valence electrons. The number of allylic oxidation sites excluding steroid dienone is 1. The van der Waals surface area contributed by atoms with E-state index < -0.39 is 0 Å². The Balaban J connectivity index is 2.93. The van der Waals surface area contributed by atoms with E-state index in [1.807, 2.05) is 31.2 Å². The van der Waals surface area contributed by atoms with Gasteiger partial charge in [-0.1, -0.05) is 19.1 Å². The van der Waals surface area contributed by atoms with Crippen molar-refractivity contribution in [1.29, 1.82) is 5.26 Å². The highest BCUT2D eigenvalue weighted by atomic mass is 16.1. The smallest absolute Gasteiger partial charge is 0.146 e. The first-order chi connectivity index (χ1) is 6.80. The summed E-state index contributed by atoms with van der Waals surface area (Å²) in [5, 5.41) is 8.58. The Morgan fingerprint density at radius 1 is 1.43 bits per heavy atom. The normalized spacial score (nSPS) is 10.7. The maximum atomic E-state index is 10.5. The van der Waals surface area contributed by atoms with Crippen LogP contribution in [-0.4, -0.2) is 6.29 Å². The Bertz CT molecular complexity index is 382. The Morgan fingerprint density at radius 2 is 2.07 bits per heavy atom. The molecule has 0 fully saturated rings. The second kappa shape index (κ2) is 4.98. The Morgan fingerprint density at radius 3 is 2.50 bits per heavy atom. The van der Waals surface area contributed by atoms with Gasteiger partial charge in [-0.05, 0) is 35.8 Å². The van der Waals surface area contributed by atoms with Crippen molar-refractivity contribution in [1.82, 2.24) is 0 Å². The summed E-state index contributed by atoms with van der Waals surface area (Å²) in [6.45, 7) is 1.93. The van der Waals surface area contributed by atoms with E-state index in [4.69, 9.17) is 5.26 Å². The number of rotatable bonds is 3. The summed E-state index contributed by atoms with van der Waals surface area (Å²) >= 11 is 0. The van der Waals surface area contributed by atoms with Crippen LogP contribution in [0.5, 0.6) is 0 Å². The van der Waals surface area contributed by atoms with E-state index in [0.29, 0.717) is 5.56 Å². The quantitative estimate of drug-likeness (QED) is 0.536. The molecule has 0 aliphatic heterocycles. The molecule has 0 unspecified atom stereocenters. The molecule has 0 aliphatic rings. The molecule has 0 saturated carbocycles. The summed E-state index contributed by atoms with van der Waals surface area (Å²) in [6, 6.07) is 9.19. The summed E-state index contributed by atoms with van der Waals surface area (Å²) in [7, 11) is 0. The summed E-state index contributed by atoms with van der Waals surface area (Å²) in [4.78, 5) is 10.5. The maximum absolute atomic E-state index is 10.5. The van der Waals surface area contributed by atoms with Crippen molar-refractivity contribution in [2.24, 2.45) is 0 Å². The summed E-state index contributed by atoms with van der Waals surface area (Å²) in [6.07, 6.45) is 3.41. The van der Waals surface area contributed by atoms with Gasteiger partial charge in [0.2, 0.25) is 0 Å². The van der Waals surface area contributed by atoms with Gasteiger partial charge in [0.05, 0.1) is 11.6 Å². The van der Waals surface area contributed by atoms with Crippen LogP contribution in [0.15, 0.2) is 29.8 Å². The molecule has 2 heteroatoms. The average Bonchev–Trinajstić information content (AvgIpc) is 2.26. The monoisotopic (exact) mass is 185 g/mol. The number of carbonyl (C=O) groups is 1. The van der Waals surface area contributed by atoms with E-state index in [1.54, 1.807) is 12.1 Å². The zero-order valence-electron chi connectivity index (χ0n) is 8.03. The van der Waals surface area contributed by atoms with Crippen LogP contribution >= 0.6 is 0 Å². The SMILES string of the molecule is CCC(C=O)=Cc1ccc(C#N)cc1. The predicted octanol–water partition coefficient (Wildman–Crippen LogP) is 2.55. The van der Waals surface area contributed by atoms with Crippen molar-refractivity contribution in [3.05, 3.63) is 41.0 Å². The molecule has 1 aromatic carbocycles. The minimum absolute atomic E-state index is 0.631. The number of carbonyl (C=O) groups excluding carboxylic acids is 1. The zero-order chi connectivity index (χ0) is 10.4. The van der Waals surface area contributed by atoms with E-state index in [-0.39, 0.29) is 0 Å². The third-order valence-electron chi connectivity index (χ3n) is 1.95. The maximum Gasteiger partial charge on any atom is 0.146 e. The van der Waals surface area contributed by atoms with E-state index in [2.05, 4.69) is 0 Å². The van der Waals surface area contributed by atoms with Crippen LogP contribution in [-0.2, 0) is 4.79 Å². The lowest BCUT2D eigenvalue weighted by atomic mass is 10.1. The number of benzene rings is 1. The Hall–Kier alpha value is -1.88. The van der Waals surface area contributed by atoms with Crippen molar-refractivity contribution in [3.8, 4) is 6.07 Å². The zero-order valence-corrected chi connectivity index (χ0v) is 8.03. The van der Waals surface area contributed by atoms with Crippen molar-refractivity contribution < 1.29 is 4.79 Å². The Labute approximate surface area is 83.5 Å². The van der Waals surface area contributed by atoms with Crippen molar-refractivity contribution >= 4 is 12.4 Å². The van der Waals surface area contributed by atoms with Crippen molar-refractivity contribution in [2.75, 3.05) is 0 Å². The van der Waals surface area contributed by atoms with Crippen LogP contribution in [0.2, 0.25) is 0 Å². The molecule has 14 heavy (non-hydrogen) atoms. The minimum Gasteiger partial charge on any atom is -0.298 e. The molecule has 1 rings (SSSR count). The lowest BCUT2D eigenvalue weighted by Gasteiger charge is -1.95. The third kappa shape index (κ3) is 2.56. The predicted molar refractivity (Wildman–Crippen MR) is 55.5 cm³/mol. The van der Waals surface area contributed by atoms with Gasteiger partial charge in [-0.3, -0.25) is 4.79 Å². The van der Waals surface area contributed by atoms with Gasteiger partial charge in [-0.2, -0.15) is 5.26 Å². The van der Waals surface area contributed by atoms with E-state index in [0.717, 1.165) is 23.8 Å². The highest BCUT2D eigenvalue weighted by Gasteiger charge is 1.93. The fourth-order valence-corrected chi connectivity index (χ4v) is 1.09. The molecule has 0 bridgehead atoms. The number of hydrogen-bond donors (Lipinski definition) is 0. The number of nitrogens with zero attached hydrogens (tertiary/aromatic N) is 1. The van der Waals surface area contributed by atoms with Gasteiger partial charge >= 0.3 is 0 Å². The topological polar surface area (TPSA) is 40.9 Å². The molecule has 0 spiro atoms. The molecule has 2 nitrogen and oxygen atoms in total. The van der Waals surface area contributed by atoms with Crippen LogP contribution < -0.4 is 0 Å². The summed E-state index contributed by atoms with van der Waals surface area (Å²) < 4.78 is 0. The third-order valence-corrected chi connectivity index (χ3v) is 1.95. The van der Waals surface area contributed by atoms with Crippen LogP contribution in [0, 0.1) is 11.3 Å². The highest BCUT2D eigenvalue weighted by Crippen LogP contribution is 2.09. The molecular weight excluding hydrogens is 174 g/mol. The molecule has 0 aliphatic carbocycles. The lowest BCUT2D eigenvalue weighted by Crippen LogP contribution is -1.82. The number of hydrogen-bond acceptors (Lipinski definition) is 2. The molecule has 0 amide bonds. The highest BCUT2D eigenvalue weighted by molar-refractivity contribution is 5.81.